The summed E-state index contributed by atoms with van der Waals surface area (Å²) < 4.78 is 5.10. The third kappa shape index (κ3) is 4.22. The molecule has 100 valence electrons. The monoisotopic (exact) mass is 269 g/mol. The second-order valence-corrected chi connectivity index (χ2v) is 4.71. The maximum atomic E-state index is 11.9. The number of carbonyl (C=O) groups is 1. The highest BCUT2D eigenvalue weighted by Gasteiger charge is 2.25. The quantitative estimate of drug-likeness (QED) is 0.800. The minimum absolute atomic E-state index is 0.197. The van der Waals surface area contributed by atoms with Gasteiger partial charge in [0.15, 0.2) is 0 Å². The van der Waals surface area contributed by atoms with Gasteiger partial charge in [0.2, 0.25) is 0 Å². The summed E-state index contributed by atoms with van der Waals surface area (Å²) in [6, 6.07) is 7.00. The van der Waals surface area contributed by atoms with E-state index in [0.29, 0.717) is 11.6 Å². The molecular formula is C14H20ClNO2. The van der Waals surface area contributed by atoms with Gasteiger partial charge in [-0.3, -0.25) is 0 Å². The molecule has 1 rings (SSSR count). The van der Waals surface area contributed by atoms with Crippen LogP contribution in [0.25, 0.3) is 0 Å². The number of rotatable bonds is 6. The predicted octanol–water partition coefficient (Wildman–Crippen LogP) is 3.73. The van der Waals surface area contributed by atoms with Gasteiger partial charge in [0.05, 0.1) is 6.61 Å². The van der Waals surface area contributed by atoms with Gasteiger partial charge in [0, 0.05) is 10.7 Å². The fourth-order valence-corrected chi connectivity index (χ4v) is 1.85. The average Bonchev–Trinajstić information content (AvgIpc) is 2.35. The number of halogens is 1. The summed E-state index contributed by atoms with van der Waals surface area (Å²) in [5, 5.41) is 3.84. The Bertz CT molecular complexity index is 395. The molecule has 2 atom stereocenters. The lowest BCUT2D eigenvalue weighted by molar-refractivity contribution is -0.145. The van der Waals surface area contributed by atoms with Crippen LogP contribution in [0.15, 0.2) is 24.3 Å². The minimum atomic E-state index is -0.339. The van der Waals surface area contributed by atoms with Crippen molar-refractivity contribution in [3.8, 4) is 0 Å². The van der Waals surface area contributed by atoms with Crippen molar-refractivity contribution in [3.63, 3.8) is 0 Å². The van der Waals surface area contributed by atoms with Crippen LogP contribution in [0.5, 0.6) is 0 Å². The smallest absolute Gasteiger partial charge is 0.328 e. The average molecular weight is 270 g/mol. The molecule has 1 aromatic rings. The minimum Gasteiger partial charge on any atom is -0.464 e. The van der Waals surface area contributed by atoms with Gasteiger partial charge in [-0.15, -0.1) is 0 Å². The first-order valence-electron chi connectivity index (χ1n) is 6.27. The Balaban J connectivity index is 2.81. The van der Waals surface area contributed by atoms with Gasteiger partial charge in [-0.2, -0.15) is 0 Å². The second kappa shape index (κ2) is 7.27. The summed E-state index contributed by atoms with van der Waals surface area (Å²) in [5.74, 6) is -0.0187. The number of anilines is 1. The topological polar surface area (TPSA) is 38.3 Å². The van der Waals surface area contributed by atoms with E-state index in [1.54, 1.807) is 12.1 Å². The Morgan fingerprint density at radius 3 is 2.72 bits per heavy atom. The van der Waals surface area contributed by atoms with E-state index in [1.807, 2.05) is 26.0 Å². The highest BCUT2D eigenvalue weighted by atomic mass is 35.5. The van der Waals surface area contributed by atoms with Crippen molar-refractivity contribution in [1.29, 1.82) is 0 Å². The van der Waals surface area contributed by atoms with Gasteiger partial charge < -0.3 is 10.1 Å². The lowest BCUT2D eigenvalue weighted by atomic mass is 9.99. The molecule has 0 aliphatic heterocycles. The number of nitrogens with one attached hydrogen (secondary N) is 1. The molecule has 2 unspecified atom stereocenters. The van der Waals surface area contributed by atoms with Crippen molar-refractivity contribution in [2.24, 2.45) is 5.92 Å². The van der Waals surface area contributed by atoms with Crippen molar-refractivity contribution in [2.75, 3.05) is 11.9 Å². The van der Waals surface area contributed by atoms with Crippen LogP contribution in [0, 0.1) is 5.92 Å². The standard InChI is InChI=1S/C14H20ClNO2/c1-4-10(3)13(14(17)18-5-2)16-12-8-6-7-11(15)9-12/h6-10,13,16H,4-5H2,1-3H3. The first-order valence-corrected chi connectivity index (χ1v) is 6.65. The van der Waals surface area contributed by atoms with Crippen LogP contribution >= 0.6 is 11.6 Å². The molecule has 18 heavy (non-hydrogen) atoms. The first kappa shape index (κ1) is 14.8. The molecule has 0 bridgehead atoms. The Morgan fingerprint density at radius 1 is 1.44 bits per heavy atom. The predicted molar refractivity (Wildman–Crippen MR) is 75.0 cm³/mol. The molecule has 4 heteroatoms. The molecule has 0 amide bonds. The van der Waals surface area contributed by atoms with E-state index in [9.17, 15) is 4.79 Å². The lowest BCUT2D eigenvalue weighted by Gasteiger charge is -2.23. The summed E-state index contributed by atoms with van der Waals surface area (Å²) >= 11 is 5.93. The largest absolute Gasteiger partial charge is 0.464 e. The van der Waals surface area contributed by atoms with Crippen LogP contribution in [0.2, 0.25) is 5.02 Å². The third-order valence-electron chi connectivity index (χ3n) is 2.90. The zero-order chi connectivity index (χ0) is 13.5. The molecule has 1 N–H and O–H groups in total. The zero-order valence-electron chi connectivity index (χ0n) is 11.1. The maximum absolute atomic E-state index is 11.9. The van der Waals surface area contributed by atoms with E-state index in [0.717, 1.165) is 12.1 Å². The molecule has 0 fully saturated rings. The molecule has 0 saturated carbocycles. The molecule has 0 radical (unpaired) electrons. The molecule has 0 heterocycles. The molecule has 0 aromatic heterocycles. The van der Waals surface area contributed by atoms with Gasteiger partial charge >= 0.3 is 5.97 Å². The summed E-state index contributed by atoms with van der Waals surface area (Å²) in [6.07, 6.45) is 0.900. The summed E-state index contributed by atoms with van der Waals surface area (Å²) in [5.41, 5.74) is 0.834. The van der Waals surface area contributed by atoms with Crippen LogP contribution in [0.4, 0.5) is 5.69 Å². The van der Waals surface area contributed by atoms with Crippen LogP contribution in [0.3, 0.4) is 0 Å². The summed E-state index contributed by atoms with van der Waals surface area (Å²) in [4.78, 5) is 11.9. The second-order valence-electron chi connectivity index (χ2n) is 4.27. The van der Waals surface area contributed by atoms with Gasteiger partial charge in [-0.1, -0.05) is 37.9 Å². The Kier molecular flexibility index (Phi) is 5.99. The lowest BCUT2D eigenvalue weighted by Crippen LogP contribution is -2.37. The summed E-state index contributed by atoms with van der Waals surface area (Å²) in [7, 11) is 0. The normalized spacial score (nSPS) is 13.8. The third-order valence-corrected chi connectivity index (χ3v) is 3.14. The highest BCUT2D eigenvalue weighted by Crippen LogP contribution is 2.19. The zero-order valence-corrected chi connectivity index (χ0v) is 11.8. The van der Waals surface area contributed by atoms with E-state index in [4.69, 9.17) is 16.3 Å². The van der Waals surface area contributed by atoms with Gasteiger partial charge in [-0.05, 0) is 31.0 Å². The molecule has 3 nitrogen and oxygen atoms in total. The highest BCUT2D eigenvalue weighted by molar-refractivity contribution is 6.30. The first-order chi connectivity index (χ1) is 8.58. The SMILES string of the molecule is CCOC(=O)C(Nc1cccc(Cl)c1)C(C)CC. The molecule has 0 spiro atoms. The van der Waals surface area contributed by atoms with Gasteiger partial charge in [0.1, 0.15) is 6.04 Å². The molecule has 0 aliphatic rings. The van der Waals surface area contributed by atoms with E-state index in [-0.39, 0.29) is 17.9 Å². The van der Waals surface area contributed by atoms with Crippen LogP contribution in [-0.4, -0.2) is 18.6 Å². The molecule has 0 aliphatic carbocycles. The van der Waals surface area contributed by atoms with E-state index < -0.39 is 0 Å². The van der Waals surface area contributed by atoms with Crippen molar-refractivity contribution >= 4 is 23.3 Å². The molecule has 0 saturated heterocycles. The number of benzene rings is 1. The maximum Gasteiger partial charge on any atom is 0.328 e. The van der Waals surface area contributed by atoms with Crippen molar-refractivity contribution in [1.82, 2.24) is 0 Å². The number of carbonyl (C=O) groups excluding carboxylic acids is 1. The Morgan fingerprint density at radius 2 is 2.17 bits per heavy atom. The number of ether oxygens (including phenoxy) is 1. The fraction of sp³-hybridized carbons (Fsp3) is 0.500. The van der Waals surface area contributed by atoms with Crippen LogP contribution < -0.4 is 5.32 Å². The van der Waals surface area contributed by atoms with Crippen LogP contribution in [-0.2, 0) is 9.53 Å². The Labute approximate surface area is 113 Å². The Hall–Kier alpha value is -1.22. The fourth-order valence-electron chi connectivity index (χ4n) is 1.66. The van der Waals surface area contributed by atoms with E-state index in [1.165, 1.54) is 0 Å². The molecule has 1 aromatic carbocycles. The van der Waals surface area contributed by atoms with Crippen LogP contribution in [0.1, 0.15) is 27.2 Å². The number of hydrogen-bond acceptors (Lipinski definition) is 3. The van der Waals surface area contributed by atoms with Crippen molar-refractivity contribution in [2.45, 2.75) is 33.2 Å². The number of esters is 1. The van der Waals surface area contributed by atoms with Gasteiger partial charge in [-0.25, -0.2) is 4.79 Å². The summed E-state index contributed by atoms with van der Waals surface area (Å²) in [6.45, 7) is 6.28. The van der Waals surface area contributed by atoms with Gasteiger partial charge in [0.25, 0.3) is 0 Å². The van der Waals surface area contributed by atoms with Crippen molar-refractivity contribution < 1.29 is 9.53 Å². The van der Waals surface area contributed by atoms with E-state index >= 15 is 0 Å². The van der Waals surface area contributed by atoms with E-state index in [2.05, 4.69) is 12.2 Å². The number of hydrogen-bond donors (Lipinski definition) is 1. The molecular weight excluding hydrogens is 250 g/mol. The van der Waals surface area contributed by atoms with Crippen molar-refractivity contribution in [3.05, 3.63) is 29.3 Å².